The van der Waals surface area contributed by atoms with Crippen LogP contribution in [0.2, 0.25) is 0 Å². The molecular weight excluding hydrogens is 861 g/mol. The van der Waals surface area contributed by atoms with Crippen LogP contribution >= 0.6 is 0 Å². The highest BCUT2D eigenvalue weighted by atomic mass is 15.0. The molecule has 4 heteroatoms. The van der Waals surface area contributed by atoms with Gasteiger partial charge in [-0.1, -0.05) is 238 Å². The number of para-hydroxylation sites is 2. The summed E-state index contributed by atoms with van der Waals surface area (Å²) in [5.74, 6) is 1.83. The maximum absolute atomic E-state index is 5.21. The predicted octanol–water partition coefficient (Wildman–Crippen LogP) is 17.7. The molecule has 0 saturated carbocycles. The van der Waals surface area contributed by atoms with Crippen LogP contribution in [-0.2, 0) is 0 Å². The van der Waals surface area contributed by atoms with Crippen molar-refractivity contribution in [2.75, 3.05) is 0 Å². The Balaban J connectivity index is 0.00000132. The zero-order valence-corrected chi connectivity index (χ0v) is 39.1. The molecule has 336 valence electrons. The molecule has 0 amide bonds. The summed E-state index contributed by atoms with van der Waals surface area (Å²) in [4.78, 5) is 15.6. The van der Waals surface area contributed by atoms with Crippen LogP contribution in [0.5, 0.6) is 0 Å². The first-order chi connectivity index (χ1) is 35.1. The van der Waals surface area contributed by atoms with E-state index in [0.717, 1.165) is 55.7 Å². The molecule has 0 aliphatic heterocycles. The van der Waals surface area contributed by atoms with Gasteiger partial charge in [0, 0.05) is 33.2 Å². The number of hydrogen-bond donors (Lipinski definition) is 0. The van der Waals surface area contributed by atoms with Crippen molar-refractivity contribution in [1.29, 1.82) is 0 Å². The number of aromatic nitrogens is 4. The predicted molar refractivity (Wildman–Crippen MR) is 298 cm³/mol. The Morgan fingerprint density at radius 2 is 0.549 bits per heavy atom. The number of hydrogen-bond acceptors (Lipinski definition) is 3. The maximum atomic E-state index is 5.21. The summed E-state index contributed by atoms with van der Waals surface area (Å²) in [6, 6.07) is 90.1. The van der Waals surface area contributed by atoms with Gasteiger partial charge in [-0.05, 0) is 98.1 Å². The van der Waals surface area contributed by atoms with Crippen LogP contribution in [0, 0.1) is 0 Å². The van der Waals surface area contributed by atoms with Crippen molar-refractivity contribution < 1.29 is 0 Å². The molecule has 0 aliphatic carbocycles. The molecule has 12 aromatic rings. The van der Waals surface area contributed by atoms with Gasteiger partial charge < -0.3 is 4.57 Å². The van der Waals surface area contributed by atoms with Crippen LogP contribution in [-0.4, -0.2) is 19.5 Å². The van der Waals surface area contributed by atoms with Crippen molar-refractivity contribution >= 4 is 21.8 Å². The fourth-order valence-electron chi connectivity index (χ4n) is 9.27. The Morgan fingerprint density at radius 1 is 0.254 bits per heavy atom. The van der Waals surface area contributed by atoms with E-state index in [1.165, 1.54) is 44.2 Å². The van der Waals surface area contributed by atoms with E-state index in [4.69, 9.17) is 15.0 Å². The highest BCUT2D eigenvalue weighted by molar-refractivity contribution is 6.09. The zero-order valence-electron chi connectivity index (χ0n) is 39.1. The molecule has 0 spiro atoms. The van der Waals surface area contributed by atoms with Gasteiger partial charge in [-0.25, -0.2) is 15.0 Å². The Morgan fingerprint density at radius 3 is 0.958 bits per heavy atom. The lowest BCUT2D eigenvalue weighted by atomic mass is 9.96. The van der Waals surface area contributed by atoms with E-state index in [0.29, 0.717) is 17.5 Å². The summed E-state index contributed by atoms with van der Waals surface area (Å²) in [5, 5.41) is 2.44. The molecular formula is C67H48N4. The molecule has 0 fully saturated rings. The van der Waals surface area contributed by atoms with Crippen LogP contribution in [0.4, 0.5) is 0 Å². The molecule has 71 heavy (non-hydrogen) atoms. The standard InChI is InChI=1S/C63H42N4.C4H6/c1-3-15-43(16-4-1)49-19-11-21-51(39-49)45-31-35-47(36-32-45)61-64-62(66-63(65-61)55-25-14-26-56(42-55)67-59-29-9-7-27-57(59)58-28-8-10-30-60(58)67)48-37-33-46(34-38-48)52-22-13-24-54(41-52)53-23-12-20-50(40-53)44-17-5-2-6-18-44;1-3-4-2/h1-42H;3-4H,1-2H2. The average molecular weight is 909 g/mol. The van der Waals surface area contributed by atoms with Crippen LogP contribution in [0.1, 0.15) is 0 Å². The molecule has 0 N–H and O–H groups in total. The van der Waals surface area contributed by atoms with Crippen molar-refractivity contribution in [3.8, 4) is 95.5 Å². The molecule has 0 aliphatic rings. The van der Waals surface area contributed by atoms with E-state index < -0.39 is 0 Å². The fourth-order valence-corrected chi connectivity index (χ4v) is 9.27. The van der Waals surface area contributed by atoms with Crippen molar-refractivity contribution in [1.82, 2.24) is 19.5 Å². The van der Waals surface area contributed by atoms with Gasteiger partial charge in [-0.3, -0.25) is 0 Å². The SMILES string of the molecule is C=CC=C.c1ccc(-c2cccc(-c3ccc(-c4nc(-c5ccc(-c6cccc(-c7cccc(-c8ccccc8)c7)c6)cc5)nc(-c5cccc(-n6c7ccccc7c7ccccc76)c5)n4)cc3)c2)cc1. The van der Waals surface area contributed by atoms with E-state index in [2.05, 4.69) is 273 Å². The van der Waals surface area contributed by atoms with Crippen LogP contribution in [0.15, 0.2) is 280 Å². The number of nitrogens with zero attached hydrogens (tertiary/aromatic N) is 4. The Hall–Kier alpha value is -9.51. The number of fused-ring (bicyclic) bond motifs is 3. The maximum Gasteiger partial charge on any atom is 0.164 e. The smallest absolute Gasteiger partial charge is 0.164 e. The minimum atomic E-state index is 0.608. The van der Waals surface area contributed by atoms with E-state index in [9.17, 15) is 0 Å². The summed E-state index contributed by atoms with van der Waals surface area (Å²) >= 11 is 0. The van der Waals surface area contributed by atoms with Crippen molar-refractivity contribution in [2.45, 2.75) is 0 Å². The van der Waals surface area contributed by atoms with Crippen LogP contribution < -0.4 is 0 Å². The van der Waals surface area contributed by atoms with E-state index in [1.807, 2.05) is 0 Å². The topological polar surface area (TPSA) is 43.6 Å². The second-order valence-corrected chi connectivity index (χ2v) is 17.3. The van der Waals surface area contributed by atoms with Gasteiger partial charge in [0.1, 0.15) is 0 Å². The molecule has 0 bridgehead atoms. The molecule has 0 radical (unpaired) electrons. The quantitative estimate of drug-likeness (QED) is 0.128. The molecule has 0 atom stereocenters. The molecule has 10 aromatic carbocycles. The second kappa shape index (κ2) is 20.0. The lowest BCUT2D eigenvalue weighted by Crippen LogP contribution is -2.01. The van der Waals surface area contributed by atoms with Crippen molar-refractivity contribution in [3.63, 3.8) is 0 Å². The summed E-state index contributed by atoms with van der Waals surface area (Å²) < 4.78 is 2.33. The van der Waals surface area contributed by atoms with Gasteiger partial charge in [-0.15, -0.1) is 0 Å². The summed E-state index contributed by atoms with van der Waals surface area (Å²) in [7, 11) is 0. The normalized spacial score (nSPS) is 10.9. The third-order valence-corrected chi connectivity index (χ3v) is 12.8. The molecule has 0 saturated heterocycles. The number of allylic oxidation sites excluding steroid dienone is 2. The molecule has 2 aromatic heterocycles. The fraction of sp³-hybridized carbons (Fsp3) is 0. The second-order valence-electron chi connectivity index (χ2n) is 17.3. The van der Waals surface area contributed by atoms with Crippen LogP contribution in [0.25, 0.3) is 117 Å². The van der Waals surface area contributed by atoms with Crippen LogP contribution in [0.3, 0.4) is 0 Å². The van der Waals surface area contributed by atoms with Gasteiger partial charge in [-0.2, -0.15) is 0 Å². The first kappa shape index (κ1) is 44.0. The Labute approximate surface area is 414 Å². The lowest BCUT2D eigenvalue weighted by Gasteiger charge is -2.12. The van der Waals surface area contributed by atoms with Gasteiger partial charge in [0.25, 0.3) is 0 Å². The molecule has 2 heterocycles. The molecule has 0 unspecified atom stereocenters. The number of benzene rings is 10. The minimum absolute atomic E-state index is 0.608. The van der Waals surface area contributed by atoms with Gasteiger partial charge in [0.15, 0.2) is 17.5 Å². The minimum Gasteiger partial charge on any atom is -0.309 e. The molecule has 4 nitrogen and oxygen atoms in total. The Kier molecular flexibility index (Phi) is 12.4. The first-order valence-corrected chi connectivity index (χ1v) is 23.8. The average Bonchev–Trinajstić information content (AvgIpc) is 3.80. The summed E-state index contributed by atoms with van der Waals surface area (Å²) in [5.41, 5.74) is 17.7. The van der Waals surface area contributed by atoms with Crippen molar-refractivity contribution in [3.05, 3.63) is 280 Å². The lowest BCUT2D eigenvalue weighted by molar-refractivity contribution is 1.07. The van der Waals surface area contributed by atoms with Crippen molar-refractivity contribution in [2.24, 2.45) is 0 Å². The van der Waals surface area contributed by atoms with E-state index in [-0.39, 0.29) is 0 Å². The highest BCUT2D eigenvalue weighted by Gasteiger charge is 2.17. The highest BCUT2D eigenvalue weighted by Crippen LogP contribution is 2.36. The van der Waals surface area contributed by atoms with E-state index >= 15 is 0 Å². The monoisotopic (exact) mass is 908 g/mol. The third-order valence-electron chi connectivity index (χ3n) is 12.8. The zero-order chi connectivity index (χ0) is 47.9. The summed E-state index contributed by atoms with van der Waals surface area (Å²) in [6.07, 6.45) is 3.28. The largest absolute Gasteiger partial charge is 0.309 e. The number of rotatable bonds is 10. The first-order valence-electron chi connectivity index (χ1n) is 23.8. The van der Waals surface area contributed by atoms with Gasteiger partial charge in [0.2, 0.25) is 0 Å². The van der Waals surface area contributed by atoms with Gasteiger partial charge in [0.05, 0.1) is 11.0 Å². The third kappa shape index (κ3) is 9.26. The molecule has 12 rings (SSSR count). The van der Waals surface area contributed by atoms with Gasteiger partial charge >= 0.3 is 0 Å². The van der Waals surface area contributed by atoms with E-state index in [1.54, 1.807) is 12.2 Å². The Bertz CT molecular complexity index is 3770. The summed E-state index contributed by atoms with van der Waals surface area (Å²) in [6.45, 7) is 6.72.